The van der Waals surface area contributed by atoms with Gasteiger partial charge in [-0.15, -0.1) is 10.1 Å². The second kappa shape index (κ2) is 43.4. The van der Waals surface area contributed by atoms with Crippen molar-refractivity contribution in [3.63, 3.8) is 0 Å². The van der Waals surface area contributed by atoms with Gasteiger partial charge in [0.25, 0.3) is 0 Å². The minimum Gasteiger partial charge on any atom is -0.368 e. The minimum absolute atomic E-state index is 0.0423. The summed E-state index contributed by atoms with van der Waals surface area (Å²) in [5.41, 5.74) is 0. The molecule has 56 heavy (non-hydrogen) atoms. The lowest BCUT2D eigenvalue weighted by molar-refractivity contribution is -0.192. The summed E-state index contributed by atoms with van der Waals surface area (Å²) in [6.07, 6.45) is 37.2. The Morgan fingerprint density at radius 2 is 0.589 bits per heavy atom. The van der Waals surface area contributed by atoms with Crippen molar-refractivity contribution < 1.29 is 19.3 Å². The molecule has 8 heteroatoms. The fraction of sp³-hybridized carbons (Fsp3) is 0.958. The molecule has 0 atom stereocenters. The van der Waals surface area contributed by atoms with Crippen molar-refractivity contribution in [1.29, 1.82) is 0 Å². The molecule has 334 valence electrons. The molecule has 0 aromatic heterocycles. The molecule has 0 aliphatic carbocycles. The van der Waals surface area contributed by atoms with Crippen molar-refractivity contribution >= 4 is 11.9 Å². The Morgan fingerprint density at radius 3 is 0.929 bits per heavy atom. The van der Waals surface area contributed by atoms with Gasteiger partial charge in [-0.1, -0.05) is 169 Å². The number of hydrogen-bond acceptors (Lipinski definition) is 8. The largest absolute Gasteiger partial charge is 0.368 e. The second-order valence-corrected chi connectivity index (χ2v) is 17.1. The molecule has 0 aliphatic heterocycles. The van der Waals surface area contributed by atoms with Crippen molar-refractivity contribution in [2.75, 3.05) is 66.5 Å². The van der Waals surface area contributed by atoms with Crippen LogP contribution in [-0.4, -0.2) is 98.3 Å². The van der Waals surface area contributed by atoms with Crippen LogP contribution in [0.1, 0.15) is 233 Å². The predicted octanol–water partition coefficient (Wildman–Crippen LogP) is 12.9. The molecule has 0 aliphatic rings. The van der Waals surface area contributed by atoms with Crippen LogP contribution in [0, 0.1) is 0 Å². The molecule has 0 spiro atoms. The lowest BCUT2D eigenvalue weighted by Gasteiger charge is -2.24. The summed E-state index contributed by atoms with van der Waals surface area (Å²) < 4.78 is 0. The summed E-state index contributed by atoms with van der Waals surface area (Å²) in [5, 5.41) is 3.94. The third-order valence-corrected chi connectivity index (χ3v) is 11.1. The Kier molecular flexibility index (Phi) is 42.4. The summed E-state index contributed by atoms with van der Waals surface area (Å²) in [6.45, 7) is 16.9. The molecule has 0 bridgehead atoms. The topological polar surface area (TPSA) is 65.6 Å². The van der Waals surface area contributed by atoms with Crippen LogP contribution < -0.4 is 0 Å². The molecule has 0 aromatic carbocycles. The van der Waals surface area contributed by atoms with Gasteiger partial charge in [0, 0.05) is 52.1 Å². The van der Waals surface area contributed by atoms with Gasteiger partial charge in [-0.3, -0.25) is 9.59 Å². The highest BCUT2D eigenvalue weighted by molar-refractivity contribution is 5.69. The van der Waals surface area contributed by atoms with Crippen molar-refractivity contribution in [2.24, 2.45) is 0 Å². The van der Waals surface area contributed by atoms with Crippen molar-refractivity contribution in [3.05, 3.63) is 0 Å². The molecule has 0 amide bonds. The highest BCUT2D eigenvalue weighted by Gasteiger charge is 2.14. The van der Waals surface area contributed by atoms with Crippen LogP contribution in [0.2, 0.25) is 0 Å². The second-order valence-electron chi connectivity index (χ2n) is 17.1. The molecule has 0 saturated carbocycles. The Balaban J connectivity index is 4.32. The molecule has 0 heterocycles. The average molecular weight is 795 g/mol. The van der Waals surface area contributed by atoms with Crippen LogP contribution in [0.5, 0.6) is 0 Å². The number of hydroxylamine groups is 4. The van der Waals surface area contributed by atoms with E-state index in [1.807, 2.05) is 10.1 Å². The van der Waals surface area contributed by atoms with Crippen LogP contribution in [-0.2, 0) is 19.3 Å². The number of rotatable bonds is 45. The van der Waals surface area contributed by atoms with Crippen molar-refractivity contribution in [1.82, 2.24) is 19.9 Å². The quantitative estimate of drug-likeness (QED) is 0.0446. The van der Waals surface area contributed by atoms with Crippen LogP contribution >= 0.6 is 0 Å². The van der Waals surface area contributed by atoms with Gasteiger partial charge in [0.2, 0.25) is 0 Å². The molecule has 0 rings (SSSR count). The minimum atomic E-state index is -0.0435. The zero-order valence-electron chi connectivity index (χ0n) is 38.7. The number of likely N-dealkylation sites (N-methyl/N-ethyl adjacent to an activating group) is 1. The average Bonchev–Trinajstić information content (AvgIpc) is 3.18. The fourth-order valence-corrected chi connectivity index (χ4v) is 7.30. The number of carbonyl (C=O) groups excluding carboxylic acids is 2. The number of nitrogens with zero attached hydrogens (tertiary/aromatic N) is 4. The summed E-state index contributed by atoms with van der Waals surface area (Å²) >= 11 is 0. The van der Waals surface area contributed by atoms with Gasteiger partial charge < -0.3 is 19.5 Å². The molecule has 0 N–H and O–H groups in total. The maximum Gasteiger partial charge on any atom is 0.325 e. The molecular formula is C48H98N4O4. The van der Waals surface area contributed by atoms with E-state index in [0.717, 1.165) is 110 Å². The number of hydrogen-bond donors (Lipinski definition) is 0. The van der Waals surface area contributed by atoms with Crippen LogP contribution in [0.3, 0.4) is 0 Å². The Hall–Kier alpha value is -1.22. The van der Waals surface area contributed by atoms with E-state index in [4.69, 9.17) is 9.68 Å². The van der Waals surface area contributed by atoms with E-state index in [1.165, 1.54) is 135 Å². The summed E-state index contributed by atoms with van der Waals surface area (Å²) in [7, 11) is 4.32. The molecular weight excluding hydrogens is 697 g/mol. The van der Waals surface area contributed by atoms with E-state index in [0.29, 0.717) is 12.8 Å². The van der Waals surface area contributed by atoms with E-state index < -0.39 is 0 Å². The van der Waals surface area contributed by atoms with Crippen molar-refractivity contribution in [2.45, 2.75) is 233 Å². The van der Waals surface area contributed by atoms with E-state index in [9.17, 15) is 9.59 Å². The summed E-state index contributed by atoms with van der Waals surface area (Å²) in [4.78, 5) is 42.0. The Labute approximate surface area is 349 Å². The smallest absolute Gasteiger partial charge is 0.325 e. The zero-order valence-corrected chi connectivity index (χ0v) is 38.7. The number of carbonyl (C=O) groups is 2. The van der Waals surface area contributed by atoms with E-state index >= 15 is 0 Å². The van der Waals surface area contributed by atoms with Gasteiger partial charge in [0.15, 0.2) is 0 Å². The van der Waals surface area contributed by atoms with E-state index in [1.54, 1.807) is 0 Å². The Morgan fingerprint density at radius 1 is 0.321 bits per heavy atom. The lowest BCUT2D eigenvalue weighted by Crippen LogP contribution is -2.33. The van der Waals surface area contributed by atoms with Crippen LogP contribution in [0.4, 0.5) is 0 Å². The Bertz CT molecular complexity index is 801. The van der Waals surface area contributed by atoms with Crippen LogP contribution in [0.25, 0.3) is 0 Å². The first-order valence-electron chi connectivity index (χ1n) is 24.6. The third kappa shape index (κ3) is 39.6. The van der Waals surface area contributed by atoms with Gasteiger partial charge in [0.1, 0.15) is 0 Å². The predicted molar refractivity (Wildman–Crippen MR) is 241 cm³/mol. The van der Waals surface area contributed by atoms with Gasteiger partial charge in [0.05, 0.1) is 0 Å². The van der Waals surface area contributed by atoms with Gasteiger partial charge in [-0.05, 0) is 78.6 Å². The van der Waals surface area contributed by atoms with Gasteiger partial charge >= 0.3 is 11.9 Å². The molecule has 0 aromatic rings. The van der Waals surface area contributed by atoms with E-state index in [2.05, 4.69) is 51.6 Å². The fourth-order valence-electron chi connectivity index (χ4n) is 7.30. The van der Waals surface area contributed by atoms with Crippen LogP contribution in [0.15, 0.2) is 0 Å². The van der Waals surface area contributed by atoms with Crippen molar-refractivity contribution in [3.8, 4) is 0 Å². The third-order valence-electron chi connectivity index (χ3n) is 11.1. The highest BCUT2D eigenvalue weighted by Crippen LogP contribution is 2.14. The first-order chi connectivity index (χ1) is 27.4. The monoisotopic (exact) mass is 795 g/mol. The first-order valence-corrected chi connectivity index (χ1v) is 24.6. The normalized spacial score (nSPS) is 11.8. The van der Waals surface area contributed by atoms with Gasteiger partial charge in [-0.25, -0.2) is 0 Å². The maximum atomic E-state index is 12.8. The van der Waals surface area contributed by atoms with Gasteiger partial charge in [-0.2, -0.15) is 0 Å². The molecule has 8 nitrogen and oxygen atoms in total. The summed E-state index contributed by atoms with van der Waals surface area (Å²) in [6, 6.07) is 0. The maximum absolute atomic E-state index is 12.8. The molecule has 0 unspecified atom stereocenters. The SMILES string of the molecule is CCCCCCCCN(CCCCCCCC)OC(=O)CCCCCN(CCCCCCCCCC(=O)ON(CCCCCC)CCCCCC)CCN(C)C. The molecule has 0 fully saturated rings. The molecule has 0 saturated heterocycles. The summed E-state index contributed by atoms with van der Waals surface area (Å²) in [5.74, 6) is -0.0858. The van der Waals surface area contributed by atoms with E-state index in [-0.39, 0.29) is 11.9 Å². The number of unbranched alkanes of at least 4 members (excludes halogenated alkanes) is 24. The first kappa shape index (κ1) is 54.8. The standard InChI is InChI=1S/C48H98N4O4/c1-7-11-15-19-26-35-43-52(44-36-27-20-16-12-8-2)56-48(54)38-30-28-32-40-50(46-45-49(5)6)39-31-25-23-21-22-24-29-37-47(53)55-51(41-33-17-13-9-3)42-34-18-14-10-4/h7-46H2,1-6H3. The zero-order chi connectivity index (χ0) is 41.2. The molecule has 0 radical (unpaired) electrons. The lowest BCUT2D eigenvalue weighted by atomic mass is 10.1. The highest BCUT2D eigenvalue weighted by atomic mass is 16.7.